The van der Waals surface area contributed by atoms with E-state index in [1.165, 1.54) is 55.3 Å². The Morgan fingerprint density at radius 2 is 0.473 bits per heavy atom. The SMILES string of the molecule is c1ccc(-c2cccc(-c3nc4ccc(-c5ccc(-c6cc(-c7ccccc7)nc(-c7ccccc7)n6)cc5)cc4c4c(-c5ccccc5)cccc34)c2)cc1.c1ccc(-c2cccc(-c3nc4ccc(-c5ccc(-c6cc(-c7ccccn7)nc(-c7ccccn7)c6)cc5)cc4c4c(-c5ccccc5)cccc34)c2)cc1. The summed E-state index contributed by atoms with van der Waals surface area (Å²) in [7, 11) is 0. The van der Waals surface area contributed by atoms with Gasteiger partial charge in [0.25, 0.3) is 0 Å². The number of nitrogens with zero attached hydrogens (tertiary/aromatic N) is 7. The second kappa shape index (κ2) is 30.3. The summed E-state index contributed by atoms with van der Waals surface area (Å²) in [6.07, 6.45) is 3.60. The number of rotatable bonds is 14. The highest BCUT2D eigenvalue weighted by molar-refractivity contribution is 6.19. The maximum atomic E-state index is 5.38. The first-order valence-electron chi connectivity index (χ1n) is 37.7. The minimum atomic E-state index is 0.709. The van der Waals surface area contributed by atoms with E-state index in [2.05, 4.69) is 344 Å². The number of benzene rings is 14. The van der Waals surface area contributed by atoms with Gasteiger partial charge in [-0.3, -0.25) is 9.97 Å². The van der Waals surface area contributed by atoms with Crippen LogP contribution in [0.2, 0.25) is 0 Å². The standard InChI is InChI=1S/C53H35N3.C52H34N4/c1-5-15-36(16-6-1)42-23-13-24-44(33-42)52-46-26-14-25-45(38-17-7-2-8-18-38)51(46)47-34-43(31-32-48(47)54-52)37-27-29-40(30-28-37)50-35-49(39-19-9-3-10-20-39)55-53(56-50)41-21-11-4-12-22-41;1-3-13-35(14-4-1)39-17-11-18-41(31-39)52-44-20-12-19-43(38-15-5-2-6-16-38)51(44)45-32-40(27-28-46(45)56-52)36-23-25-37(26-24-36)42-33-49(47-21-7-9-29-53-47)55-50(34-42)48-22-8-10-30-54-48/h1-35H;1-34H. The molecule has 0 saturated heterocycles. The molecule has 0 unspecified atom stereocenters. The molecule has 0 aliphatic rings. The third-order valence-corrected chi connectivity index (χ3v) is 20.9. The highest BCUT2D eigenvalue weighted by Crippen LogP contribution is 2.44. The molecule has 20 rings (SSSR count). The summed E-state index contributed by atoms with van der Waals surface area (Å²) in [5.41, 5.74) is 30.3. The third kappa shape index (κ3) is 13.7. The van der Waals surface area contributed by atoms with Crippen LogP contribution in [0.1, 0.15) is 0 Å². The highest BCUT2D eigenvalue weighted by Gasteiger charge is 2.21. The molecule has 0 aliphatic carbocycles. The van der Waals surface area contributed by atoms with Crippen LogP contribution in [0.5, 0.6) is 0 Å². The van der Waals surface area contributed by atoms with Crippen LogP contribution in [0.3, 0.4) is 0 Å². The van der Waals surface area contributed by atoms with Gasteiger partial charge in [0.2, 0.25) is 0 Å². The Bertz CT molecular complexity index is 6260. The molecule has 0 bridgehead atoms. The molecule has 0 N–H and O–H groups in total. The van der Waals surface area contributed by atoms with Crippen molar-refractivity contribution in [3.8, 4) is 157 Å². The summed E-state index contributed by atoms with van der Waals surface area (Å²) in [6, 6.07) is 143. The van der Waals surface area contributed by atoms with Gasteiger partial charge >= 0.3 is 0 Å². The van der Waals surface area contributed by atoms with E-state index in [4.69, 9.17) is 24.9 Å². The Kier molecular flexibility index (Phi) is 18.3. The van der Waals surface area contributed by atoms with E-state index >= 15 is 0 Å². The second-order valence-electron chi connectivity index (χ2n) is 27.9. The van der Waals surface area contributed by atoms with E-state index in [-0.39, 0.29) is 0 Å². The zero-order valence-corrected chi connectivity index (χ0v) is 61.0. The first-order chi connectivity index (χ1) is 55.5. The van der Waals surface area contributed by atoms with Crippen molar-refractivity contribution in [1.82, 2.24) is 34.9 Å². The number of pyridine rings is 5. The lowest BCUT2D eigenvalue weighted by Crippen LogP contribution is -1.96. The molecule has 20 aromatic rings. The van der Waals surface area contributed by atoms with Gasteiger partial charge in [-0.2, -0.15) is 0 Å². The average Bonchev–Trinajstić information content (AvgIpc) is 0.743. The Morgan fingerprint density at radius 1 is 0.152 bits per heavy atom. The maximum Gasteiger partial charge on any atom is 0.160 e. The molecule has 0 fully saturated rings. The Labute approximate surface area is 650 Å². The molecule has 0 amide bonds. The van der Waals surface area contributed by atoms with Crippen molar-refractivity contribution in [3.05, 3.63) is 419 Å². The molecule has 524 valence electrons. The molecule has 6 aromatic heterocycles. The maximum absolute atomic E-state index is 5.38. The topological polar surface area (TPSA) is 90.2 Å². The van der Waals surface area contributed by atoms with E-state index in [0.29, 0.717) is 5.82 Å². The molecule has 7 heteroatoms. The first kappa shape index (κ1) is 67.5. The molecule has 0 spiro atoms. The van der Waals surface area contributed by atoms with Crippen LogP contribution in [0.4, 0.5) is 0 Å². The number of hydrogen-bond donors (Lipinski definition) is 0. The number of aromatic nitrogens is 7. The zero-order chi connectivity index (χ0) is 74.5. The molecule has 0 aliphatic heterocycles. The summed E-state index contributed by atoms with van der Waals surface area (Å²) in [5.74, 6) is 0.709. The predicted octanol–water partition coefficient (Wildman–Crippen LogP) is 27.1. The van der Waals surface area contributed by atoms with Crippen LogP contribution in [-0.4, -0.2) is 34.9 Å². The molecule has 112 heavy (non-hydrogen) atoms. The van der Waals surface area contributed by atoms with Gasteiger partial charge < -0.3 is 0 Å². The largest absolute Gasteiger partial charge is 0.255 e. The molecule has 6 heterocycles. The van der Waals surface area contributed by atoms with E-state index in [0.717, 1.165) is 139 Å². The van der Waals surface area contributed by atoms with Gasteiger partial charge in [0.1, 0.15) is 0 Å². The summed E-state index contributed by atoms with van der Waals surface area (Å²) < 4.78 is 0. The molecule has 0 atom stereocenters. The monoisotopic (exact) mass is 1430 g/mol. The Balaban J connectivity index is 0.000000151. The summed E-state index contributed by atoms with van der Waals surface area (Å²) in [4.78, 5) is 34.9. The van der Waals surface area contributed by atoms with Crippen molar-refractivity contribution in [2.75, 3.05) is 0 Å². The van der Waals surface area contributed by atoms with Crippen molar-refractivity contribution in [2.45, 2.75) is 0 Å². The lowest BCUT2D eigenvalue weighted by atomic mass is 9.91. The van der Waals surface area contributed by atoms with Crippen molar-refractivity contribution >= 4 is 43.4 Å². The van der Waals surface area contributed by atoms with Crippen LogP contribution >= 0.6 is 0 Å². The molecular formula is C105H69N7. The van der Waals surface area contributed by atoms with Gasteiger partial charge in [-0.15, -0.1) is 0 Å². The minimum Gasteiger partial charge on any atom is -0.255 e. The Hall–Kier alpha value is -15.1. The fourth-order valence-corrected chi connectivity index (χ4v) is 15.3. The van der Waals surface area contributed by atoms with Crippen molar-refractivity contribution in [1.29, 1.82) is 0 Å². The summed E-state index contributed by atoms with van der Waals surface area (Å²) >= 11 is 0. The van der Waals surface area contributed by atoms with Crippen molar-refractivity contribution in [3.63, 3.8) is 0 Å². The van der Waals surface area contributed by atoms with Gasteiger partial charge in [0.15, 0.2) is 5.82 Å². The lowest BCUT2D eigenvalue weighted by molar-refractivity contribution is 1.18. The van der Waals surface area contributed by atoms with Crippen molar-refractivity contribution in [2.24, 2.45) is 0 Å². The predicted molar refractivity (Wildman–Crippen MR) is 464 cm³/mol. The molecular weight excluding hydrogens is 1360 g/mol. The van der Waals surface area contributed by atoms with Gasteiger partial charge in [0, 0.05) is 72.5 Å². The fraction of sp³-hybridized carbons (Fsp3) is 0. The minimum absolute atomic E-state index is 0.709. The van der Waals surface area contributed by atoms with Crippen LogP contribution in [0.15, 0.2) is 419 Å². The third-order valence-electron chi connectivity index (χ3n) is 20.9. The summed E-state index contributed by atoms with van der Waals surface area (Å²) in [5, 5.41) is 6.90. The van der Waals surface area contributed by atoms with Gasteiger partial charge in [0.05, 0.1) is 56.6 Å². The lowest BCUT2D eigenvalue weighted by Gasteiger charge is -2.16. The Morgan fingerprint density at radius 3 is 0.893 bits per heavy atom. The molecule has 7 nitrogen and oxygen atoms in total. The first-order valence-corrected chi connectivity index (χ1v) is 37.7. The van der Waals surface area contributed by atoms with Crippen molar-refractivity contribution < 1.29 is 0 Å². The van der Waals surface area contributed by atoms with Crippen LogP contribution < -0.4 is 0 Å². The molecule has 0 saturated carbocycles. The van der Waals surface area contributed by atoms with E-state index in [1.807, 2.05) is 72.8 Å². The van der Waals surface area contributed by atoms with Crippen LogP contribution in [0.25, 0.3) is 200 Å². The van der Waals surface area contributed by atoms with Gasteiger partial charge in [-0.1, -0.05) is 328 Å². The highest BCUT2D eigenvalue weighted by atomic mass is 14.9. The van der Waals surface area contributed by atoms with E-state index in [1.54, 1.807) is 12.4 Å². The fourth-order valence-electron chi connectivity index (χ4n) is 15.3. The van der Waals surface area contributed by atoms with Crippen LogP contribution in [0, 0.1) is 0 Å². The van der Waals surface area contributed by atoms with Crippen LogP contribution in [-0.2, 0) is 0 Å². The normalized spacial score (nSPS) is 11.2. The average molecular weight is 1430 g/mol. The zero-order valence-electron chi connectivity index (χ0n) is 61.0. The van der Waals surface area contributed by atoms with E-state index < -0.39 is 0 Å². The van der Waals surface area contributed by atoms with E-state index in [9.17, 15) is 0 Å². The quantitative estimate of drug-likeness (QED) is 0.100. The second-order valence-corrected chi connectivity index (χ2v) is 27.9. The van der Waals surface area contributed by atoms with Gasteiger partial charge in [-0.05, 0) is 157 Å². The molecule has 14 aromatic carbocycles. The number of fused-ring (bicyclic) bond motifs is 6. The summed E-state index contributed by atoms with van der Waals surface area (Å²) in [6.45, 7) is 0. The molecule has 0 radical (unpaired) electrons. The smallest absolute Gasteiger partial charge is 0.160 e. The van der Waals surface area contributed by atoms with Gasteiger partial charge in [-0.25, -0.2) is 24.9 Å². The number of hydrogen-bond acceptors (Lipinski definition) is 7.